The Hall–Kier alpha value is -2.85. The highest BCUT2D eigenvalue weighted by Gasteiger charge is 2.25. The van der Waals surface area contributed by atoms with E-state index in [9.17, 15) is 14.9 Å². The van der Waals surface area contributed by atoms with E-state index in [2.05, 4.69) is 31.6 Å². The Morgan fingerprint density at radius 3 is 2.96 bits per heavy atom. The third-order valence-electron chi connectivity index (χ3n) is 3.29. The predicted molar refractivity (Wildman–Crippen MR) is 102 cm³/mol. The van der Waals surface area contributed by atoms with Crippen LogP contribution in [0.15, 0.2) is 57.5 Å². The lowest BCUT2D eigenvalue weighted by Crippen LogP contribution is -2.19. The van der Waals surface area contributed by atoms with Crippen molar-refractivity contribution in [2.75, 3.05) is 0 Å². The molecule has 132 valence electrons. The van der Waals surface area contributed by atoms with E-state index in [0.717, 1.165) is 14.9 Å². The summed E-state index contributed by atoms with van der Waals surface area (Å²) in [5.41, 5.74) is 2.50. The Morgan fingerprint density at radius 2 is 2.27 bits per heavy atom. The summed E-state index contributed by atoms with van der Waals surface area (Å²) in [6.07, 6.45) is 2.70. The van der Waals surface area contributed by atoms with Gasteiger partial charge in [-0.2, -0.15) is 10.2 Å². The van der Waals surface area contributed by atoms with E-state index in [1.807, 2.05) is 41.8 Å². The summed E-state index contributed by atoms with van der Waals surface area (Å²) in [7, 11) is 0. The molecule has 3 rings (SSSR count). The van der Waals surface area contributed by atoms with Crippen LogP contribution in [0.1, 0.15) is 20.9 Å². The Morgan fingerprint density at radius 1 is 1.42 bits per heavy atom. The van der Waals surface area contributed by atoms with Gasteiger partial charge >= 0.3 is 5.69 Å². The third-order valence-corrected chi connectivity index (χ3v) is 4.59. The van der Waals surface area contributed by atoms with Gasteiger partial charge < -0.3 is 0 Å². The second-order valence-electron chi connectivity index (χ2n) is 5.16. The molecule has 0 spiro atoms. The summed E-state index contributed by atoms with van der Waals surface area (Å²) < 4.78 is 2.25. The molecule has 10 heteroatoms. The number of hydrogen-bond acceptors (Lipinski definition) is 6. The summed E-state index contributed by atoms with van der Waals surface area (Å²) in [6.45, 7) is 0.298. The first-order chi connectivity index (χ1) is 12.5. The number of nitro groups is 1. The van der Waals surface area contributed by atoms with Crippen LogP contribution in [0.2, 0.25) is 0 Å². The zero-order valence-corrected chi connectivity index (χ0v) is 15.6. The van der Waals surface area contributed by atoms with E-state index in [1.165, 1.54) is 28.4 Å². The third kappa shape index (κ3) is 4.41. The molecule has 0 saturated heterocycles. The average Bonchev–Trinajstić information content (AvgIpc) is 3.24. The monoisotopic (exact) mass is 433 g/mol. The molecule has 0 aliphatic heterocycles. The Balaban J connectivity index is 1.78. The molecule has 0 aliphatic carbocycles. The zero-order valence-electron chi connectivity index (χ0n) is 13.2. The van der Waals surface area contributed by atoms with Crippen molar-refractivity contribution >= 4 is 45.1 Å². The number of nitrogens with one attached hydrogen (secondary N) is 1. The maximum Gasteiger partial charge on any atom is 0.320 e. The van der Waals surface area contributed by atoms with Crippen molar-refractivity contribution < 1.29 is 9.72 Å². The fourth-order valence-electron chi connectivity index (χ4n) is 2.18. The van der Waals surface area contributed by atoms with E-state index in [-0.39, 0.29) is 11.4 Å². The van der Waals surface area contributed by atoms with Crippen molar-refractivity contribution in [3.05, 3.63) is 78.7 Å². The quantitative estimate of drug-likeness (QED) is 0.365. The van der Waals surface area contributed by atoms with Crippen LogP contribution in [0.4, 0.5) is 5.69 Å². The first kappa shape index (κ1) is 18.0. The van der Waals surface area contributed by atoms with Gasteiger partial charge in [-0.05, 0) is 29.1 Å². The molecule has 2 aromatic heterocycles. The molecule has 8 nitrogen and oxygen atoms in total. The molecule has 0 atom stereocenters. The molecule has 1 aromatic carbocycles. The van der Waals surface area contributed by atoms with Gasteiger partial charge in [-0.1, -0.05) is 34.1 Å². The van der Waals surface area contributed by atoms with E-state index in [1.54, 1.807) is 0 Å². The Kier molecular flexibility index (Phi) is 5.54. The van der Waals surface area contributed by atoms with Crippen molar-refractivity contribution in [3.63, 3.8) is 0 Å². The highest BCUT2D eigenvalue weighted by Crippen LogP contribution is 2.19. The van der Waals surface area contributed by atoms with Crippen molar-refractivity contribution in [1.82, 2.24) is 15.2 Å². The molecule has 0 unspecified atom stereocenters. The van der Waals surface area contributed by atoms with Crippen LogP contribution in [-0.4, -0.2) is 26.8 Å². The molecule has 2 heterocycles. The van der Waals surface area contributed by atoms with Gasteiger partial charge in [-0.3, -0.25) is 19.6 Å². The fourth-order valence-corrected chi connectivity index (χ4v) is 3.21. The molecular weight excluding hydrogens is 422 g/mol. The lowest BCUT2D eigenvalue weighted by Gasteiger charge is -2.01. The standard InChI is InChI=1S/C16H12BrN5O3S/c17-12-4-1-3-11(7-12)9-21-10-14(22(24)25)15(20-21)16(23)19-18-8-13-5-2-6-26-13/h1-8,10H,9H2,(H,19,23)/b18-8+. The highest BCUT2D eigenvalue weighted by molar-refractivity contribution is 9.10. The zero-order chi connectivity index (χ0) is 18.5. The van der Waals surface area contributed by atoms with Crippen molar-refractivity contribution in [1.29, 1.82) is 0 Å². The molecule has 1 amide bonds. The van der Waals surface area contributed by atoms with E-state index >= 15 is 0 Å². The molecular formula is C16H12BrN5O3S. The second kappa shape index (κ2) is 8.02. The smallest absolute Gasteiger partial charge is 0.265 e. The van der Waals surface area contributed by atoms with Gasteiger partial charge in [0.15, 0.2) is 0 Å². The number of carbonyl (C=O) groups excluding carboxylic acids is 1. The van der Waals surface area contributed by atoms with E-state index < -0.39 is 10.8 Å². The molecule has 0 fully saturated rings. The number of nitrogens with zero attached hydrogens (tertiary/aromatic N) is 4. The van der Waals surface area contributed by atoms with Crippen LogP contribution < -0.4 is 5.43 Å². The van der Waals surface area contributed by atoms with Crippen molar-refractivity contribution in [2.45, 2.75) is 6.54 Å². The van der Waals surface area contributed by atoms with Gasteiger partial charge in [0.25, 0.3) is 5.91 Å². The molecule has 26 heavy (non-hydrogen) atoms. The number of aromatic nitrogens is 2. The minimum Gasteiger partial charge on any atom is -0.265 e. The minimum absolute atomic E-state index is 0.284. The maximum absolute atomic E-state index is 12.2. The summed E-state index contributed by atoms with van der Waals surface area (Å²) in [5, 5.41) is 21.0. The fraction of sp³-hybridized carbons (Fsp3) is 0.0625. The molecule has 0 radical (unpaired) electrons. The van der Waals surface area contributed by atoms with Crippen LogP contribution in [0, 0.1) is 10.1 Å². The van der Waals surface area contributed by atoms with E-state index in [0.29, 0.717) is 6.54 Å². The number of benzene rings is 1. The molecule has 3 aromatic rings. The SMILES string of the molecule is O=C(N/N=C/c1cccs1)c1nn(Cc2cccc(Br)c2)cc1[N+](=O)[O-]. The highest BCUT2D eigenvalue weighted by atomic mass is 79.9. The first-order valence-corrected chi connectivity index (χ1v) is 9.03. The molecule has 1 N–H and O–H groups in total. The predicted octanol–water partition coefficient (Wildman–Crippen LogP) is 3.43. The lowest BCUT2D eigenvalue weighted by atomic mass is 10.2. The summed E-state index contributed by atoms with van der Waals surface area (Å²) >= 11 is 4.82. The first-order valence-electron chi connectivity index (χ1n) is 7.36. The van der Waals surface area contributed by atoms with Gasteiger partial charge in [-0.15, -0.1) is 11.3 Å². The maximum atomic E-state index is 12.2. The average molecular weight is 434 g/mol. The number of thiophene rings is 1. The Labute approximate surface area is 160 Å². The molecule has 0 aliphatic rings. The largest absolute Gasteiger partial charge is 0.320 e. The van der Waals surface area contributed by atoms with Crippen LogP contribution in [0.5, 0.6) is 0 Å². The summed E-state index contributed by atoms with van der Waals surface area (Å²) in [6, 6.07) is 11.1. The number of rotatable bonds is 6. The van der Waals surface area contributed by atoms with Crippen molar-refractivity contribution in [2.24, 2.45) is 5.10 Å². The van der Waals surface area contributed by atoms with E-state index in [4.69, 9.17) is 0 Å². The summed E-state index contributed by atoms with van der Waals surface area (Å²) in [4.78, 5) is 23.7. The number of carbonyl (C=O) groups is 1. The van der Waals surface area contributed by atoms with Crippen LogP contribution in [0.3, 0.4) is 0 Å². The van der Waals surface area contributed by atoms with Gasteiger partial charge in [0.2, 0.25) is 5.69 Å². The Bertz CT molecular complexity index is 968. The number of halogens is 1. The van der Waals surface area contributed by atoms with Crippen LogP contribution >= 0.6 is 27.3 Å². The van der Waals surface area contributed by atoms with Crippen LogP contribution in [0.25, 0.3) is 0 Å². The molecule has 0 saturated carbocycles. The van der Waals surface area contributed by atoms with Crippen molar-refractivity contribution in [3.8, 4) is 0 Å². The number of amides is 1. The van der Waals surface area contributed by atoms with Gasteiger partial charge in [0.1, 0.15) is 6.20 Å². The number of hydrazone groups is 1. The minimum atomic E-state index is -0.738. The summed E-state index contributed by atoms with van der Waals surface area (Å²) in [5.74, 6) is -0.738. The van der Waals surface area contributed by atoms with Gasteiger partial charge in [0, 0.05) is 9.35 Å². The second-order valence-corrected chi connectivity index (χ2v) is 7.06. The van der Waals surface area contributed by atoms with Crippen LogP contribution in [-0.2, 0) is 6.54 Å². The lowest BCUT2D eigenvalue weighted by molar-refractivity contribution is -0.385. The number of hydrogen-bond donors (Lipinski definition) is 1. The van der Waals surface area contributed by atoms with Gasteiger partial charge in [0.05, 0.1) is 17.7 Å². The molecule has 0 bridgehead atoms. The normalized spacial score (nSPS) is 11.0. The topological polar surface area (TPSA) is 102 Å². The van der Waals surface area contributed by atoms with Gasteiger partial charge in [-0.25, -0.2) is 5.43 Å².